The van der Waals surface area contributed by atoms with Crippen LogP contribution in [0.4, 0.5) is 5.69 Å². The molecule has 0 fully saturated rings. The average Bonchev–Trinajstić information content (AvgIpc) is 2.15. The Hall–Kier alpha value is -1.35. The Morgan fingerprint density at radius 1 is 1.54 bits per heavy atom. The normalized spacial score (nSPS) is 9.69. The molecule has 0 aliphatic heterocycles. The topological polar surface area (TPSA) is 38.3 Å². The molecule has 0 aromatic heterocycles. The van der Waals surface area contributed by atoms with Gasteiger partial charge in [-0.05, 0) is 19.1 Å². The number of benzene rings is 1. The molecule has 0 amide bonds. The van der Waals surface area contributed by atoms with Crippen LogP contribution in [-0.4, -0.2) is 19.6 Å². The summed E-state index contributed by atoms with van der Waals surface area (Å²) in [6, 6.07) is 7.34. The Morgan fingerprint density at radius 3 is 2.92 bits per heavy atom. The van der Waals surface area contributed by atoms with Crippen molar-refractivity contribution in [2.45, 2.75) is 6.92 Å². The molecule has 70 valence electrons. The monoisotopic (exact) mass is 179 g/mol. The van der Waals surface area contributed by atoms with Crippen LogP contribution in [0.25, 0.3) is 0 Å². The van der Waals surface area contributed by atoms with Gasteiger partial charge < -0.3 is 10.1 Å². The van der Waals surface area contributed by atoms with Crippen molar-refractivity contribution in [3.8, 4) is 0 Å². The number of nitrogens with one attached hydrogen (secondary N) is 1. The number of hydrogen-bond acceptors (Lipinski definition) is 3. The summed E-state index contributed by atoms with van der Waals surface area (Å²) in [5, 5.41) is 3.02. The summed E-state index contributed by atoms with van der Waals surface area (Å²) in [4.78, 5) is 11.0. The lowest BCUT2D eigenvalue weighted by Crippen LogP contribution is -2.03. The summed E-state index contributed by atoms with van der Waals surface area (Å²) in [7, 11) is 1.61. The van der Waals surface area contributed by atoms with Gasteiger partial charge in [-0.3, -0.25) is 4.79 Å². The summed E-state index contributed by atoms with van der Waals surface area (Å²) >= 11 is 0. The molecule has 1 N–H and O–H groups in total. The maximum absolute atomic E-state index is 11.0. The van der Waals surface area contributed by atoms with E-state index in [1.54, 1.807) is 26.2 Å². The molecule has 0 aliphatic carbocycles. The van der Waals surface area contributed by atoms with Crippen LogP contribution in [0.2, 0.25) is 0 Å². The number of ether oxygens (including phenoxy) is 1. The zero-order chi connectivity index (χ0) is 9.68. The van der Waals surface area contributed by atoms with Gasteiger partial charge in [0.2, 0.25) is 0 Å². The molecule has 0 radical (unpaired) electrons. The Labute approximate surface area is 77.7 Å². The van der Waals surface area contributed by atoms with Gasteiger partial charge in [0, 0.05) is 18.4 Å². The van der Waals surface area contributed by atoms with Crippen molar-refractivity contribution in [1.82, 2.24) is 0 Å². The first kappa shape index (κ1) is 9.74. The van der Waals surface area contributed by atoms with Gasteiger partial charge in [0.25, 0.3) is 0 Å². The van der Waals surface area contributed by atoms with Gasteiger partial charge in [0.15, 0.2) is 5.78 Å². The molecule has 3 nitrogen and oxygen atoms in total. The molecule has 0 bridgehead atoms. The third-order valence-electron chi connectivity index (χ3n) is 1.69. The Balaban J connectivity index is 2.73. The second-order valence-corrected chi connectivity index (χ2v) is 2.75. The summed E-state index contributed by atoms with van der Waals surface area (Å²) in [5.41, 5.74) is 1.61. The molecule has 1 aromatic rings. The van der Waals surface area contributed by atoms with Crippen molar-refractivity contribution in [3.05, 3.63) is 29.8 Å². The number of ketones is 1. The number of Topliss-reactive ketones (excluding diaryl/α,β-unsaturated/α-hetero) is 1. The third-order valence-corrected chi connectivity index (χ3v) is 1.69. The van der Waals surface area contributed by atoms with Crippen molar-refractivity contribution in [2.75, 3.05) is 19.2 Å². The molecule has 0 saturated heterocycles. The first-order chi connectivity index (χ1) is 6.24. The molecule has 0 heterocycles. The van der Waals surface area contributed by atoms with E-state index in [0.717, 1.165) is 5.69 Å². The fraction of sp³-hybridized carbons (Fsp3) is 0.300. The summed E-state index contributed by atoms with van der Waals surface area (Å²) in [6.07, 6.45) is 0. The largest absolute Gasteiger partial charge is 0.365 e. The molecule has 0 aliphatic rings. The van der Waals surface area contributed by atoms with E-state index in [-0.39, 0.29) is 5.78 Å². The highest BCUT2D eigenvalue weighted by molar-refractivity contribution is 5.94. The third kappa shape index (κ3) is 2.87. The average molecular weight is 179 g/mol. The van der Waals surface area contributed by atoms with Crippen LogP contribution in [0.5, 0.6) is 0 Å². The van der Waals surface area contributed by atoms with Crippen LogP contribution in [-0.2, 0) is 4.74 Å². The lowest BCUT2D eigenvalue weighted by molar-refractivity contribution is 0.101. The van der Waals surface area contributed by atoms with Crippen LogP contribution in [0, 0.1) is 0 Å². The van der Waals surface area contributed by atoms with Gasteiger partial charge in [0.1, 0.15) is 6.73 Å². The minimum atomic E-state index is 0.0704. The molecular formula is C10H13NO2. The first-order valence-electron chi connectivity index (χ1n) is 4.08. The lowest BCUT2D eigenvalue weighted by atomic mass is 10.1. The highest BCUT2D eigenvalue weighted by atomic mass is 16.5. The van der Waals surface area contributed by atoms with E-state index < -0.39 is 0 Å². The van der Waals surface area contributed by atoms with Crippen LogP contribution < -0.4 is 5.32 Å². The van der Waals surface area contributed by atoms with Gasteiger partial charge >= 0.3 is 0 Å². The Kier molecular flexibility index (Phi) is 3.46. The van der Waals surface area contributed by atoms with Crippen molar-refractivity contribution in [2.24, 2.45) is 0 Å². The number of anilines is 1. The van der Waals surface area contributed by atoms with E-state index >= 15 is 0 Å². The minimum Gasteiger partial charge on any atom is -0.365 e. The predicted molar refractivity (Wildman–Crippen MR) is 51.9 cm³/mol. The van der Waals surface area contributed by atoms with Crippen molar-refractivity contribution >= 4 is 11.5 Å². The fourth-order valence-corrected chi connectivity index (χ4v) is 1.00. The maximum atomic E-state index is 11.0. The van der Waals surface area contributed by atoms with Crippen LogP contribution >= 0.6 is 0 Å². The Morgan fingerprint density at radius 2 is 2.31 bits per heavy atom. The molecule has 0 saturated carbocycles. The number of hydrogen-bond donors (Lipinski definition) is 1. The smallest absolute Gasteiger partial charge is 0.159 e. The molecule has 1 aromatic carbocycles. The second-order valence-electron chi connectivity index (χ2n) is 2.75. The molecule has 1 rings (SSSR count). The van der Waals surface area contributed by atoms with E-state index in [4.69, 9.17) is 4.74 Å². The molecule has 0 spiro atoms. The van der Waals surface area contributed by atoms with Crippen LogP contribution in [0.3, 0.4) is 0 Å². The summed E-state index contributed by atoms with van der Waals surface area (Å²) in [6.45, 7) is 2.00. The number of methoxy groups -OCH3 is 1. The lowest BCUT2D eigenvalue weighted by Gasteiger charge is -2.05. The highest BCUT2D eigenvalue weighted by Crippen LogP contribution is 2.10. The van der Waals surface area contributed by atoms with Gasteiger partial charge in [0.05, 0.1) is 0 Å². The van der Waals surface area contributed by atoms with Gasteiger partial charge in [-0.25, -0.2) is 0 Å². The van der Waals surface area contributed by atoms with Crippen LogP contribution in [0.15, 0.2) is 24.3 Å². The van der Waals surface area contributed by atoms with Gasteiger partial charge in [-0.15, -0.1) is 0 Å². The van der Waals surface area contributed by atoms with E-state index in [0.29, 0.717) is 12.3 Å². The van der Waals surface area contributed by atoms with Crippen molar-refractivity contribution in [3.63, 3.8) is 0 Å². The number of carbonyl (C=O) groups is 1. The number of carbonyl (C=O) groups excluding carboxylic acids is 1. The molecular weight excluding hydrogens is 166 g/mol. The van der Waals surface area contributed by atoms with Crippen molar-refractivity contribution < 1.29 is 9.53 Å². The minimum absolute atomic E-state index is 0.0704. The highest BCUT2D eigenvalue weighted by Gasteiger charge is 1.98. The molecule has 0 unspecified atom stereocenters. The van der Waals surface area contributed by atoms with E-state index in [9.17, 15) is 4.79 Å². The van der Waals surface area contributed by atoms with E-state index in [2.05, 4.69) is 5.32 Å². The van der Waals surface area contributed by atoms with E-state index in [1.807, 2.05) is 12.1 Å². The number of rotatable bonds is 4. The quantitative estimate of drug-likeness (QED) is 0.566. The van der Waals surface area contributed by atoms with Gasteiger partial charge in [-0.2, -0.15) is 0 Å². The molecule has 13 heavy (non-hydrogen) atoms. The first-order valence-corrected chi connectivity index (χ1v) is 4.08. The Bertz CT molecular complexity index is 297. The fourth-order valence-electron chi connectivity index (χ4n) is 1.00. The summed E-state index contributed by atoms with van der Waals surface area (Å²) in [5.74, 6) is 0.0704. The maximum Gasteiger partial charge on any atom is 0.159 e. The van der Waals surface area contributed by atoms with E-state index in [1.165, 1.54) is 0 Å². The van der Waals surface area contributed by atoms with Crippen LogP contribution in [0.1, 0.15) is 17.3 Å². The molecule has 0 atom stereocenters. The summed E-state index contributed by atoms with van der Waals surface area (Å²) < 4.78 is 4.85. The van der Waals surface area contributed by atoms with Gasteiger partial charge in [-0.1, -0.05) is 12.1 Å². The zero-order valence-corrected chi connectivity index (χ0v) is 7.83. The zero-order valence-electron chi connectivity index (χ0n) is 7.83. The molecule has 3 heteroatoms. The predicted octanol–water partition coefficient (Wildman–Crippen LogP) is 1.91. The SMILES string of the molecule is COCNc1cccc(C(C)=O)c1. The second kappa shape index (κ2) is 4.62. The standard InChI is InChI=1S/C10H13NO2/c1-8(12)9-4-3-5-10(6-9)11-7-13-2/h3-6,11H,7H2,1-2H3. The van der Waals surface area contributed by atoms with Crippen molar-refractivity contribution in [1.29, 1.82) is 0 Å².